The van der Waals surface area contributed by atoms with Crippen LogP contribution in [0.1, 0.15) is 37.0 Å². The molecule has 19 heavy (non-hydrogen) atoms. The van der Waals surface area contributed by atoms with Crippen LogP contribution in [0.5, 0.6) is 0 Å². The zero-order valence-corrected chi connectivity index (χ0v) is 10.2. The Bertz CT molecular complexity index is 491. The van der Waals surface area contributed by atoms with Crippen LogP contribution in [0, 0.1) is 0 Å². The van der Waals surface area contributed by atoms with Crippen molar-refractivity contribution < 1.29 is 14.3 Å². The molecule has 0 saturated carbocycles. The minimum Gasteiger partial charge on any atom is -0.466 e. The molecule has 1 aromatic carbocycles. The third-order valence-corrected chi connectivity index (χ3v) is 2.95. The Hall–Kier alpha value is -2.10. The van der Waals surface area contributed by atoms with E-state index in [1.165, 1.54) is 7.11 Å². The molecule has 2 rings (SSSR count). The number of amides is 1. The van der Waals surface area contributed by atoms with E-state index < -0.39 is 0 Å². The fourth-order valence-corrected chi connectivity index (χ4v) is 2.03. The largest absolute Gasteiger partial charge is 0.466 e. The van der Waals surface area contributed by atoms with Gasteiger partial charge in [0.2, 0.25) is 0 Å². The van der Waals surface area contributed by atoms with Crippen LogP contribution in [0.15, 0.2) is 41.6 Å². The van der Waals surface area contributed by atoms with Gasteiger partial charge in [0.1, 0.15) is 0 Å². The first kappa shape index (κ1) is 15.0. The van der Waals surface area contributed by atoms with Gasteiger partial charge in [-0.3, -0.25) is 4.79 Å². The third kappa shape index (κ3) is 3.44. The van der Waals surface area contributed by atoms with Crippen molar-refractivity contribution in [2.24, 2.45) is 0 Å². The van der Waals surface area contributed by atoms with E-state index in [2.05, 4.69) is 5.32 Å². The summed E-state index contributed by atoms with van der Waals surface area (Å²) in [5, 5.41) is 2.80. The van der Waals surface area contributed by atoms with E-state index in [1.54, 1.807) is 24.3 Å². The fraction of sp³-hybridized carbons (Fsp3) is 0.333. The standard InChI is InChI=1S/C14H15NO3.CH4/c1-18-14(17)11-8-5-9-12(11)15-13(16)10-6-3-2-4-7-10;/h2-4,6-7H,5,8-9H2,1H3,(H,15,16);1H4. The quantitative estimate of drug-likeness (QED) is 0.851. The molecular formula is C15H19NO3. The summed E-state index contributed by atoms with van der Waals surface area (Å²) in [6.45, 7) is 0. The predicted octanol–water partition coefficient (Wildman–Crippen LogP) is 2.66. The van der Waals surface area contributed by atoms with E-state index in [1.807, 2.05) is 6.07 Å². The topological polar surface area (TPSA) is 55.4 Å². The lowest BCUT2D eigenvalue weighted by Gasteiger charge is -2.08. The van der Waals surface area contributed by atoms with Crippen LogP contribution in [-0.4, -0.2) is 19.0 Å². The monoisotopic (exact) mass is 261 g/mol. The number of hydrogen-bond acceptors (Lipinski definition) is 3. The predicted molar refractivity (Wildman–Crippen MR) is 73.5 cm³/mol. The molecule has 0 unspecified atom stereocenters. The first-order valence-electron chi connectivity index (χ1n) is 5.89. The molecule has 4 heteroatoms. The van der Waals surface area contributed by atoms with Crippen LogP contribution in [0.3, 0.4) is 0 Å². The number of carbonyl (C=O) groups excluding carboxylic acids is 2. The van der Waals surface area contributed by atoms with Gasteiger partial charge in [0.15, 0.2) is 0 Å². The molecule has 1 aliphatic carbocycles. The number of methoxy groups -OCH3 is 1. The number of benzene rings is 1. The highest BCUT2D eigenvalue weighted by atomic mass is 16.5. The van der Waals surface area contributed by atoms with E-state index >= 15 is 0 Å². The number of allylic oxidation sites excluding steroid dienone is 1. The first-order valence-corrected chi connectivity index (χ1v) is 5.89. The van der Waals surface area contributed by atoms with Crippen molar-refractivity contribution in [3.05, 3.63) is 47.2 Å². The van der Waals surface area contributed by atoms with Gasteiger partial charge in [-0.1, -0.05) is 25.6 Å². The number of nitrogens with one attached hydrogen (secondary N) is 1. The molecule has 1 aliphatic rings. The van der Waals surface area contributed by atoms with Gasteiger partial charge < -0.3 is 10.1 Å². The maximum absolute atomic E-state index is 12.0. The zero-order valence-electron chi connectivity index (χ0n) is 10.2. The van der Waals surface area contributed by atoms with Crippen LogP contribution in [0.2, 0.25) is 0 Å². The molecule has 0 heterocycles. The van der Waals surface area contributed by atoms with Gasteiger partial charge in [-0.15, -0.1) is 0 Å². The number of ether oxygens (including phenoxy) is 1. The second-order valence-corrected chi connectivity index (χ2v) is 4.12. The number of carbonyl (C=O) groups is 2. The summed E-state index contributed by atoms with van der Waals surface area (Å²) in [6, 6.07) is 8.94. The number of rotatable bonds is 3. The normalized spacial score (nSPS) is 13.7. The molecule has 0 radical (unpaired) electrons. The zero-order chi connectivity index (χ0) is 13.0. The van der Waals surface area contributed by atoms with Crippen LogP contribution in [0.4, 0.5) is 0 Å². The van der Waals surface area contributed by atoms with Gasteiger partial charge in [-0.2, -0.15) is 0 Å². The summed E-state index contributed by atoms with van der Waals surface area (Å²) >= 11 is 0. The van der Waals surface area contributed by atoms with Gasteiger partial charge >= 0.3 is 5.97 Å². The highest BCUT2D eigenvalue weighted by molar-refractivity contribution is 5.97. The van der Waals surface area contributed by atoms with Crippen molar-refractivity contribution in [1.82, 2.24) is 5.32 Å². The van der Waals surface area contributed by atoms with Gasteiger partial charge in [-0.25, -0.2) is 4.79 Å². The molecule has 0 saturated heterocycles. The summed E-state index contributed by atoms with van der Waals surface area (Å²) in [6.07, 6.45) is 2.24. The second-order valence-electron chi connectivity index (χ2n) is 4.12. The van der Waals surface area contributed by atoms with E-state index in [0.29, 0.717) is 29.7 Å². The van der Waals surface area contributed by atoms with Crippen LogP contribution < -0.4 is 5.32 Å². The van der Waals surface area contributed by atoms with Crippen LogP contribution >= 0.6 is 0 Å². The minimum absolute atomic E-state index is 0. The third-order valence-electron chi connectivity index (χ3n) is 2.95. The van der Waals surface area contributed by atoms with E-state index in [0.717, 1.165) is 6.42 Å². The molecule has 0 aliphatic heterocycles. The van der Waals surface area contributed by atoms with Crippen LogP contribution in [-0.2, 0) is 9.53 Å². The summed E-state index contributed by atoms with van der Waals surface area (Å²) in [5.74, 6) is -0.537. The molecule has 0 bridgehead atoms. The summed E-state index contributed by atoms with van der Waals surface area (Å²) in [7, 11) is 1.35. The molecule has 0 atom stereocenters. The minimum atomic E-state index is -0.351. The van der Waals surface area contributed by atoms with Gasteiger partial charge in [0.05, 0.1) is 12.7 Å². The molecule has 102 valence electrons. The van der Waals surface area contributed by atoms with Crippen molar-refractivity contribution in [1.29, 1.82) is 0 Å². The summed E-state index contributed by atoms with van der Waals surface area (Å²) in [4.78, 5) is 23.5. The maximum Gasteiger partial charge on any atom is 0.335 e. The Labute approximate surface area is 113 Å². The molecule has 0 fully saturated rings. The van der Waals surface area contributed by atoms with Crippen LogP contribution in [0.25, 0.3) is 0 Å². The summed E-state index contributed by atoms with van der Waals surface area (Å²) in [5.41, 5.74) is 1.86. The summed E-state index contributed by atoms with van der Waals surface area (Å²) < 4.78 is 4.70. The average Bonchev–Trinajstić information content (AvgIpc) is 2.87. The molecule has 0 spiro atoms. The highest BCUT2D eigenvalue weighted by Gasteiger charge is 2.23. The van der Waals surface area contributed by atoms with Crippen molar-refractivity contribution in [2.45, 2.75) is 26.7 Å². The molecule has 1 aromatic rings. The Morgan fingerprint density at radius 1 is 1.16 bits per heavy atom. The second kappa shape index (κ2) is 6.73. The van der Waals surface area contributed by atoms with E-state index in [9.17, 15) is 9.59 Å². The lowest BCUT2D eigenvalue weighted by atomic mass is 10.2. The molecular weight excluding hydrogens is 242 g/mol. The van der Waals surface area contributed by atoms with E-state index in [-0.39, 0.29) is 19.3 Å². The van der Waals surface area contributed by atoms with Gasteiger partial charge in [0, 0.05) is 11.3 Å². The SMILES string of the molecule is C.COC(=O)C1=C(NC(=O)c2ccccc2)CCC1. The molecule has 0 aromatic heterocycles. The average molecular weight is 261 g/mol. The Kier molecular flexibility index (Phi) is 5.30. The molecule has 4 nitrogen and oxygen atoms in total. The lowest BCUT2D eigenvalue weighted by Crippen LogP contribution is -2.24. The Morgan fingerprint density at radius 2 is 1.84 bits per heavy atom. The number of esters is 1. The Morgan fingerprint density at radius 3 is 2.47 bits per heavy atom. The van der Waals surface area contributed by atoms with E-state index in [4.69, 9.17) is 4.74 Å². The number of hydrogen-bond donors (Lipinski definition) is 1. The fourth-order valence-electron chi connectivity index (χ4n) is 2.03. The Balaban J connectivity index is 0.00000180. The smallest absolute Gasteiger partial charge is 0.335 e. The van der Waals surface area contributed by atoms with Gasteiger partial charge in [0.25, 0.3) is 5.91 Å². The first-order chi connectivity index (χ1) is 8.72. The maximum atomic E-state index is 12.0. The van der Waals surface area contributed by atoms with Crippen molar-refractivity contribution in [2.75, 3.05) is 7.11 Å². The van der Waals surface area contributed by atoms with Crippen molar-refractivity contribution in [3.8, 4) is 0 Å². The van der Waals surface area contributed by atoms with Crippen molar-refractivity contribution >= 4 is 11.9 Å². The lowest BCUT2D eigenvalue weighted by molar-refractivity contribution is -0.136. The molecule has 1 amide bonds. The highest BCUT2D eigenvalue weighted by Crippen LogP contribution is 2.25. The van der Waals surface area contributed by atoms with Crippen molar-refractivity contribution in [3.63, 3.8) is 0 Å². The van der Waals surface area contributed by atoms with Gasteiger partial charge in [-0.05, 0) is 31.4 Å². The molecule has 1 N–H and O–H groups in total.